The van der Waals surface area contributed by atoms with Crippen LogP contribution in [0.25, 0.3) is 0 Å². The van der Waals surface area contributed by atoms with Crippen LogP contribution in [0.15, 0.2) is 24.3 Å². The molecule has 0 unspecified atom stereocenters. The number of likely N-dealkylation sites (tertiary alicyclic amines) is 1. The van der Waals surface area contributed by atoms with Crippen molar-refractivity contribution in [2.45, 2.75) is 57.7 Å². The van der Waals surface area contributed by atoms with Crippen LogP contribution >= 0.6 is 0 Å². The van der Waals surface area contributed by atoms with Gasteiger partial charge in [-0.3, -0.25) is 4.90 Å². The largest absolute Gasteiger partial charge is 0.508 e. The normalized spacial score (nSPS) is 22.0. The fourth-order valence-corrected chi connectivity index (χ4v) is 3.89. The number of phenolic OH excluding ortho intramolecular Hbond substituents is 1. The summed E-state index contributed by atoms with van der Waals surface area (Å²) in [7, 11) is 0. The van der Waals surface area contributed by atoms with Crippen LogP contribution in [0.3, 0.4) is 0 Å². The maximum Gasteiger partial charge on any atom is 0.150 e. The lowest BCUT2D eigenvalue weighted by molar-refractivity contribution is 0.129. The zero-order chi connectivity index (χ0) is 15.6. The molecule has 1 saturated heterocycles. The van der Waals surface area contributed by atoms with Crippen LogP contribution in [0.5, 0.6) is 5.75 Å². The average Bonchev–Trinajstić information content (AvgIpc) is 3.01. The number of benzene rings is 1. The number of fused-ring (bicyclic) bond motifs is 1. The van der Waals surface area contributed by atoms with Crippen LogP contribution < -0.4 is 0 Å². The summed E-state index contributed by atoms with van der Waals surface area (Å²) in [5.41, 5.74) is 1.24. The van der Waals surface area contributed by atoms with Crippen LogP contribution in [0.4, 0.5) is 0 Å². The molecule has 4 rings (SSSR count). The Morgan fingerprint density at radius 1 is 1.00 bits per heavy atom. The van der Waals surface area contributed by atoms with Crippen molar-refractivity contribution in [2.75, 3.05) is 6.54 Å². The molecule has 1 N–H and O–H groups in total. The molecule has 0 amide bonds. The SMILES string of the molecule is Oc1ccc(CN2CCCC[C@H]2c2nnc3n2CCCC3)cc1. The second-order valence-corrected chi connectivity index (χ2v) is 6.73. The molecular formula is C18H24N4O. The summed E-state index contributed by atoms with van der Waals surface area (Å²) in [6.07, 6.45) is 7.21. The summed E-state index contributed by atoms with van der Waals surface area (Å²) < 4.78 is 2.36. The first-order valence-electron chi connectivity index (χ1n) is 8.75. The Morgan fingerprint density at radius 3 is 2.70 bits per heavy atom. The van der Waals surface area contributed by atoms with Gasteiger partial charge in [-0.2, -0.15) is 0 Å². The Hall–Kier alpha value is -1.88. The molecule has 0 saturated carbocycles. The number of hydrogen-bond donors (Lipinski definition) is 1. The third-order valence-corrected chi connectivity index (χ3v) is 5.12. The molecule has 5 nitrogen and oxygen atoms in total. The molecule has 2 aliphatic heterocycles. The van der Waals surface area contributed by atoms with Gasteiger partial charge in [0.05, 0.1) is 6.04 Å². The third-order valence-electron chi connectivity index (χ3n) is 5.12. The van der Waals surface area contributed by atoms with Gasteiger partial charge in [0.1, 0.15) is 17.4 Å². The van der Waals surface area contributed by atoms with Gasteiger partial charge in [-0.25, -0.2) is 0 Å². The highest BCUT2D eigenvalue weighted by molar-refractivity contribution is 5.26. The highest BCUT2D eigenvalue weighted by atomic mass is 16.3. The van der Waals surface area contributed by atoms with Gasteiger partial charge >= 0.3 is 0 Å². The third kappa shape index (κ3) is 2.98. The van der Waals surface area contributed by atoms with Gasteiger partial charge in [0.25, 0.3) is 0 Å². The van der Waals surface area contributed by atoms with Crippen molar-refractivity contribution in [3.8, 4) is 5.75 Å². The molecule has 1 fully saturated rings. The summed E-state index contributed by atoms with van der Waals surface area (Å²) in [4.78, 5) is 2.53. The molecule has 1 aromatic carbocycles. The minimum absolute atomic E-state index is 0.329. The molecule has 0 radical (unpaired) electrons. The van der Waals surface area contributed by atoms with Gasteiger partial charge in [-0.15, -0.1) is 10.2 Å². The van der Waals surface area contributed by atoms with Crippen LogP contribution in [0.2, 0.25) is 0 Å². The van der Waals surface area contributed by atoms with Crippen molar-refractivity contribution in [3.63, 3.8) is 0 Å². The van der Waals surface area contributed by atoms with E-state index >= 15 is 0 Å². The second kappa shape index (κ2) is 6.32. The van der Waals surface area contributed by atoms with Gasteiger partial charge in [0.2, 0.25) is 0 Å². The maximum absolute atomic E-state index is 9.46. The van der Waals surface area contributed by atoms with Crippen molar-refractivity contribution in [1.82, 2.24) is 19.7 Å². The number of aryl methyl sites for hydroxylation is 1. The summed E-state index contributed by atoms with van der Waals surface area (Å²) >= 11 is 0. The second-order valence-electron chi connectivity index (χ2n) is 6.73. The van der Waals surface area contributed by atoms with Crippen LogP contribution in [0, 0.1) is 0 Å². The number of rotatable bonds is 3. The standard InChI is InChI=1S/C18H24N4O/c23-15-9-7-14(8-10-15)13-21-11-3-1-5-16(21)18-20-19-17-6-2-4-12-22(17)18/h7-10,16,23H,1-6,11-13H2/t16-/m0/s1. The number of nitrogens with zero attached hydrogens (tertiary/aromatic N) is 4. The summed E-state index contributed by atoms with van der Waals surface area (Å²) in [5, 5.41) is 18.5. The maximum atomic E-state index is 9.46. The molecule has 0 aliphatic carbocycles. The first-order valence-corrected chi connectivity index (χ1v) is 8.75. The molecule has 2 aromatic rings. The summed E-state index contributed by atoms with van der Waals surface area (Å²) in [6.45, 7) is 3.09. The van der Waals surface area contributed by atoms with E-state index in [4.69, 9.17) is 0 Å². The Labute approximate surface area is 137 Å². The van der Waals surface area contributed by atoms with Gasteiger partial charge in [-0.1, -0.05) is 18.6 Å². The van der Waals surface area contributed by atoms with Crippen LogP contribution in [-0.4, -0.2) is 31.3 Å². The molecule has 23 heavy (non-hydrogen) atoms. The highest BCUT2D eigenvalue weighted by Crippen LogP contribution is 2.32. The van der Waals surface area contributed by atoms with E-state index in [9.17, 15) is 5.11 Å². The molecule has 2 aliphatic rings. The van der Waals surface area contributed by atoms with E-state index in [1.54, 1.807) is 12.1 Å². The molecule has 0 bridgehead atoms. The number of phenols is 1. The van der Waals surface area contributed by atoms with Gasteiger partial charge in [-0.05, 0) is 49.9 Å². The van der Waals surface area contributed by atoms with Crippen molar-refractivity contribution >= 4 is 0 Å². The zero-order valence-electron chi connectivity index (χ0n) is 13.5. The highest BCUT2D eigenvalue weighted by Gasteiger charge is 2.30. The Bertz CT molecular complexity index is 664. The quantitative estimate of drug-likeness (QED) is 0.946. The molecule has 1 atom stereocenters. The lowest BCUT2D eigenvalue weighted by Gasteiger charge is -2.35. The van der Waals surface area contributed by atoms with E-state index in [0.29, 0.717) is 11.8 Å². The van der Waals surface area contributed by atoms with E-state index in [1.807, 2.05) is 12.1 Å². The van der Waals surface area contributed by atoms with E-state index in [1.165, 1.54) is 37.1 Å². The Kier molecular flexibility index (Phi) is 4.04. The van der Waals surface area contributed by atoms with E-state index in [0.717, 1.165) is 38.3 Å². The summed E-state index contributed by atoms with van der Waals surface area (Å²) in [5.74, 6) is 2.66. The van der Waals surface area contributed by atoms with E-state index in [2.05, 4.69) is 19.7 Å². The predicted octanol–water partition coefficient (Wildman–Crippen LogP) is 3.05. The van der Waals surface area contributed by atoms with Crippen molar-refractivity contribution in [1.29, 1.82) is 0 Å². The van der Waals surface area contributed by atoms with E-state index in [-0.39, 0.29) is 0 Å². The van der Waals surface area contributed by atoms with Gasteiger partial charge in [0, 0.05) is 19.5 Å². The predicted molar refractivity (Wildman–Crippen MR) is 88.1 cm³/mol. The van der Waals surface area contributed by atoms with Crippen LogP contribution in [-0.2, 0) is 19.5 Å². The lowest BCUT2D eigenvalue weighted by Crippen LogP contribution is -2.35. The Morgan fingerprint density at radius 2 is 1.83 bits per heavy atom. The first kappa shape index (κ1) is 14.7. The molecule has 0 spiro atoms. The minimum Gasteiger partial charge on any atom is -0.508 e. The number of hydrogen-bond acceptors (Lipinski definition) is 4. The fourth-order valence-electron chi connectivity index (χ4n) is 3.89. The zero-order valence-corrected chi connectivity index (χ0v) is 13.5. The number of piperidine rings is 1. The minimum atomic E-state index is 0.329. The van der Waals surface area contributed by atoms with Crippen LogP contribution in [0.1, 0.15) is 55.4 Å². The first-order chi connectivity index (χ1) is 11.3. The monoisotopic (exact) mass is 312 g/mol. The Balaban J connectivity index is 1.58. The van der Waals surface area contributed by atoms with E-state index < -0.39 is 0 Å². The van der Waals surface area contributed by atoms with Gasteiger partial charge in [0.15, 0.2) is 0 Å². The molecule has 3 heterocycles. The topological polar surface area (TPSA) is 54.2 Å². The fraction of sp³-hybridized carbons (Fsp3) is 0.556. The molecular weight excluding hydrogens is 288 g/mol. The lowest BCUT2D eigenvalue weighted by atomic mass is 10.00. The van der Waals surface area contributed by atoms with Gasteiger partial charge < -0.3 is 9.67 Å². The van der Waals surface area contributed by atoms with Crippen molar-refractivity contribution < 1.29 is 5.11 Å². The van der Waals surface area contributed by atoms with Crippen molar-refractivity contribution in [2.24, 2.45) is 0 Å². The smallest absolute Gasteiger partial charge is 0.150 e. The van der Waals surface area contributed by atoms with Crippen molar-refractivity contribution in [3.05, 3.63) is 41.5 Å². The molecule has 122 valence electrons. The summed E-state index contributed by atoms with van der Waals surface area (Å²) in [6, 6.07) is 7.94. The molecule has 1 aromatic heterocycles. The molecule has 5 heteroatoms. The average molecular weight is 312 g/mol. The number of aromatic nitrogens is 3. The number of aromatic hydroxyl groups is 1.